The van der Waals surface area contributed by atoms with Gasteiger partial charge in [0.15, 0.2) is 9.84 Å². The Bertz CT molecular complexity index is 478. The number of hydrogen-bond acceptors (Lipinski definition) is 4. The number of unbranched alkanes of at least 4 members (excludes halogenated alkanes) is 1. The third kappa shape index (κ3) is 6.12. The summed E-state index contributed by atoms with van der Waals surface area (Å²) >= 11 is 0. The van der Waals surface area contributed by atoms with Crippen molar-refractivity contribution in [2.24, 2.45) is 0 Å². The molecule has 9 heteroatoms. The molecule has 0 bridgehead atoms. The number of amides is 1. The van der Waals surface area contributed by atoms with Crippen molar-refractivity contribution in [2.75, 3.05) is 24.7 Å². The first kappa shape index (κ1) is 19.2. The predicted octanol–water partition coefficient (Wildman–Crippen LogP) is 1.77. The second-order valence-electron chi connectivity index (χ2n) is 5.51. The highest BCUT2D eigenvalue weighted by molar-refractivity contribution is 7.91. The molecule has 0 saturated carbocycles. The van der Waals surface area contributed by atoms with E-state index < -0.39 is 40.7 Å². The predicted molar refractivity (Wildman–Crippen MR) is 75.1 cm³/mol. The van der Waals surface area contributed by atoms with Crippen LogP contribution in [0, 0.1) is 0 Å². The number of halogens is 3. The fraction of sp³-hybridized carbons (Fsp3) is 0.923. The largest absolute Gasteiger partial charge is 0.411 e. The van der Waals surface area contributed by atoms with Gasteiger partial charge in [0, 0.05) is 12.6 Å². The summed E-state index contributed by atoms with van der Waals surface area (Å²) in [5.74, 6) is -0.709. The Morgan fingerprint density at radius 1 is 1.41 bits per heavy atom. The van der Waals surface area contributed by atoms with E-state index in [1.807, 2.05) is 6.92 Å². The van der Waals surface area contributed by atoms with E-state index in [-0.39, 0.29) is 11.5 Å². The van der Waals surface area contributed by atoms with E-state index >= 15 is 0 Å². The van der Waals surface area contributed by atoms with Gasteiger partial charge < -0.3 is 9.64 Å². The lowest BCUT2D eigenvalue weighted by Crippen LogP contribution is -2.47. The van der Waals surface area contributed by atoms with Crippen molar-refractivity contribution >= 4 is 15.7 Å². The molecule has 1 amide bonds. The van der Waals surface area contributed by atoms with Gasteiger partial charge in [0.2, 0.25) is 0 Å². The van der Waals surface area contributed by atoms with Gasteiger partial charge in [-0.25, -0.2) is 8.42 Å². The molecule has 1 fully saturated rings. The number of sulfone groups is 1. The third-order valence-corrected chi connectivity index (χ3v) is 5.28. The molecule has 1 aliphatic rings. The fourth-order valence-electron chi connectivity index (χ4n) is 2.35. The summed E-state index contributed by atoms with van der Waals surface area (Å²) < 4.78 is 64.1. The third-order valence-electron chi connectivity index (χ3n) is 3.53. The molecular weight excluding hydrogens is 323 g/mol. The number of alkyl halides is 3. The van der Waals surface area contributed by atoms with Gasteiger partial charge in [0.05, 0.1) is 11.5 Å². The Labute approximate surface area is 128 Å². The Kier molecular flexibility index (Phi) is 6.66. The lowest BCUT2D eigenvalue weighted by molar-refractivity contribution is -0.189. The van der Waals surface area contributed by atoms with Crippen molar-refractivity contribution < 1.29 is 31.1 Å². The fourth-order valence-corrected chi connectivity index (χ4v) is 4.08. The Balaban J connectivity index is 2.72. The maximum Gasteiger partial charge on any atom is 0.411 e. The Hall–Kier alpha value is -0.830. The first-order valence-electron chi connectivity index (χ1n) is 7.25. The molecule has 2 unspecified atom stereocenters. The van der Waals surface area contributed by atoms with Gasteiger partial charge in [-0.3, -0.25) is 4.79 Å². The number of carbonyl (C=O) groups is 1. The van der Waals surface area contributed by atoms with Crippen LogP contribution in [0.4, 0.5) is 13.2 Å². The summed E-state index contributed by atoms with van der Waals surface area (Å²) in [5, 5.41) is 0. The molecular formula is C13H22F3NO4S. The van der Waals surface area contributed by atoms with Gasteiger partial charge >= 0.3 is 6.18 Å². The number of nitrogens with zero attached hydrogens (tertiary/aromatic N) is 1. The minimum atomic E-state index is -4.50. The molecule has 1 aliphatic heterocycles. The van der Waals surface area contributed by atoms with E-state index in [1.54, 1.807) is 0 Å². The van der Waals surface area contributed by atoms with Gasteiger partial charge in [-0.15, -0.1) is 0 Å². The zero-order valence-corrected chi connectivity index (χ0v) is 13.5. The zero-order valence-electron chi connectivity index (χ0n) is 12.7. The van der Waals surface area contributed by atoms with Crippen molar-refractivity contribution in [3.63, 3.8) is 0 Å². The van der Waals surface area contributed by atoms with E-state index in [0.717, 1.165) is 6.42 Å². The molecule has 0 radical (unpaired) electrons. The molecule has 0 aromatic heterocycles. The smallest absolute Gasteiger partial charge is 0.359 e. The quantitative estimate of drug-likeness (QED) is 0.705. The van der Waals surface area contributed by atoms with Crippen LogP contribution in [0.5, 0.6) is 0 Å². The average Bonchev–Trinajstić information content (AvgIpc) is 2.75. The standard InChI is InChI=1S/C13H22F3NO4S/c1-3-4-6-17(11-5-7-22(19,20)8-11)12(18)10(2)21-9-13(14,15)16/h10-11H,3-9H2,1-2H3. The number of hydrogen-bond donors (Lipinski definition) is 0. The van der Waals surface area contributed by atoms with Crippen LogP contribution >= 0.6 is 0 Å². The zero-order chi connectivity index (χ0) is 17.0. The highest BCUT2D eigenvalue weighted by Gasteiger charge is 2.37. The Morgan fingerprint density at radius 3 is 2.50 bits per heavy atom. The molecule has 130 valence electrons. The Morgan fingerprint density at radius 2 is 2.05 bits per heavy atom. The van der Waals surface area contributed by atoms with E-state index in [2.05, 4.69) is 4.74 Å². The van der Waals surface area contributed by atoms with Crippen molar-refractivity contribution in [1.29, 1.82) is 0 Å². The number of rotatable bonds is 7. The molecule has 5 nitrogen and oxygen atoms in total. The summed E-state index contributed by atoms with van der Waals surface area (Å²) in [4.78, 5) is 13.7. The molecule has 0 spiro atoms. The van der Waals surface area contributed by atoms with E-state index in [4.69, 9.17) is 0 Å². The molecule has 0 aromatic carbocycles. The molecule has 2 atom stereocenters. The van der Waals surface area contributed by atoms with Crippen molar-refractivity contribution in [3.05, 3.63) is 0 Å². The van der Waals surface area contributed by atoms with Crippen LogP contribution in [0.1, 0.15) is 33.1 Å². The van der Waals surface area contributed by atoms with Crippen LogP contribution in [0.25, 0.3) is 0 Å². The second-order valence-corrected chi connectivity index (χ2v) is 7.74. The lowest BCUT2D eigenvalue weighted by atomic mass is 10.1. The molecule has 1 heterocycles. The van der Waals surface area contributed by atoms with Crippen LogP contribution < -0.4 is 0 Å². The van der Waals surface area contributed by atoms with E-state index in [1.165, 1.54) is 11.8 Å². The minimum Gasteiger partial charge on any atom is -0.359 e. The topological polar surface area (TPSA) is 63.7 Å². The van der Waals surface area contributed by atoms with E-state index in [9.17, 15) is 26.4 Å². The van der Waals surface area contributed by atoms with Gasteiger partial charge in [0.25, 0.3) is 5.91 Å². The molecule has 0 aliphatic carbocycles. The van der Waals surface area contributed by atoms with Gasteiger partial charge in [-0.05, 0) is 19.8 Å². The molecule has 22 heavy (non-hydrogen) atoms. The van der Waals surface area contributed by atoms with Gasteiger partial charge in [0.1, 0.15) is 12.7 Å². The second kappa shape index (κ2) is 7.63. The molecule has 1 rings (SSSR count). The lowest BCUT2D eigenvalue weighted by Gasteiger charge is -2.30. The SMILES string of the molecule is CCCCN(C(=O)C(C)OCC(F)(F)F)C1CCS(=O)(=O)C1. The first-order valence-corrected chi connectivity index (χ1v) is 9.07. The number of ether oxygens (including phenoxy) is 1. The van der Waals surface area contributed by atoms with Crippen LogP contribution in [0.3, 0.4) is 0 Å². The molecule has 0 aromatic rings. The van der Waals surface area contributed by atoms with Crippen LogP contribution in [-0.2, 0) is 19.4 Å². The minimum absolute atomic E-state index is 0.00532. The van der Waals surface area contributed by atoms with E-state index in [0.29, 0.717) is 19.4 Å². The van der Waals surface area contributed by atoms with Crippen molar-refractivity contribution in [1.82, 2.24) is 4.90 Å². The summed E-state index contributed by atoms with van der Waals surface area (Å²) in [5.41, 5.74) is 0. The maximum absolute atomic E-state index is 12.3. The summed E-state index contributed by atoms with van der Waals surface area (Å²) in [7, 11) is -3.17. The van der Waals surface area contributed by atoms with Gasteiger partial charge in [-0.1, -0.05) is 13.3 Å². The van der Waals surface area contributed by atoms with Gasteiger partial charge in [-0.2, -0.15) is 13.2 Å². The highest BCUT2D eigenvalue weighted by Crippen LogP contribution is 2.21. The monoisotopic (exact) mass is 345 g/mol. The molecule has 1 saturated heterocycles. The number of carbonyl (C=O) groups excluding carboxylic acids is 1. The highest BCUT2D eigenvalue weighted by atomic mass is 32.2. The van der Waals surface area contributed by atoms with Crippen LogP contribution in [0.2, 0.25) is 0 Å². The normalized spacial score (nSPS) is 22.5. The summed E-state index contributed by atoms with van der Waals surface area (Å²) in [6, 6.07) is -0.471. The maximum atomic E-state index is 12.3. The van der Waals surface area contributed by atoms with Crippen molar-refractivity contribution in [2.45, 2.75) is 51.4 Å². The summed E-state index contributed by atoms with van der Waals surface area (Å²) in [6.45, 7) is 2.01. The van der Waals surface area contributed by atoms with Crippen LogP contribution in [0.15, 0.2) is 0 Å². The van der Waals surface area contributed by atoms with Crippen LogP contribution in [-0.4, -0.2) is 62.2 Å². The molecule has 0 N–H and O–H groups in total. The summed E-state index contributed by atoms with van der Waals surface area (Å²) in [6.07, 6.45) is -3.97. The van der Waals surface area contributed by atoms with Crippen molar-refractivity contribution in [3.8, 4) is 0 Å². The average molecular weight is 345 g/mol. The first-order chi connectivity index (χ1) is 10.1.